The largest absolute Gasteiger partial charge is 0.444 e. The van der Waals surface area contributed by atoms with Crippen LogP contribution in [0.4, 0.5) is 16.2 Å². The van der Waals surface area contributed by atoms with Crippen LogP contribution in [0.15, 0.2) is 49.1 Å². The van der Waals surface area contributed by atoms with Crippen LogP contribution in [0, 0.1) is 22.7 Å². The van der Waals surface area contributed by atoms with E-state index in [0.29, 0.717) is 18.5 Å². The van der Waals surface area contributed by atoms with Gasteiger partial charge >= 0.3 is 6.09 Å². The number of rotatable bonds is 4. The van der Waals surface area contributed by atoms with E-state index < -0.39 is 5.60 Å². The van der Waals surface area contributed by atoms with E-state index in [1.54, 1.807) is 35.8 Å². The molecule has 4 heterocycles. The van der Waals surface area contributed by atoms with Crippen molar-refractivity contribution in [3.8, 4) is 0 Å². The Bertz CT molecular complexity index is 1220. The van der Waals surface area contributed by atoms with Gasteiger partial charge in [-0.1, -0.05) is 0 Å². The first-order chi connectivity index (χ1) is 19.6. The van der Waals surface area contributed by atoms with Crippen LogP contribution in [0.5, 0.6) is 0 Å². The van der Waals surface area contributed by atoms with E-state index >= 15 is 0 Å². The van der Waals surface area contributed by atoms with Crippen LogP contribution in [-0.4, -0.2) is 64.6 Å². The fourth-order valence-electron chi connectivity index (χ4n) is 6.26. The third kappa shape index (κ3) is 7.22. The van der Waals surface area contributed by atoms with E-state index in [0.717, 1.165) is 63.0 Å². The minimum atomic E-state index is -0.474. The second-order valence-corrected chi connectivity index (χ2v) is 12.9. The van der Waals surface area contributed by atoms with Crippen LogP contribution < -0.4 is 16.0 Å². The molecule has 4 fully saturated rings. The summed E-state index contributed by atoms with van der Waals surface area (Å²) in [7, 11) is 0. The highest BCUT2D eigenvalue weighted by Crippen LogP contribution is 2.60. The van der Waals surface area contributed by atoms with Gasteiger partial charge in [0.1, 0.15) is 5.60 Å². The number of piperidine rings is 2. The van der Waals surface area contributed by atoms with Gasteiger partial charge < -0.3 is 25.6 Å². The molecule has 0 bridgehead atoms. The summed E-state index contributed by atoms with van der Waals surface area (Å²) < 4.78 is 5.42. The van der Waals surface area contributed by atoms with Gasteiger partial charge in [0, 0.05) is 37.3 Å². The van der Waals surface area contributed by atoms with Gasteiger partial charge in [-0.2, -0.15) is 0 Å². The molecule has 6 rings (SSSR count). The number of aromatic nitrogens is 2. The number of hydrogen-bond acceptors (Lipinski definition) is 7. The SMILES string of the molecule is CC(C)(C)OC(=O)N1CCC2(CC1)CC2C(=O)Nc1cccnc1.O=C(Nc1cccnc1)C1CC12CCNCC2. The van der Waals surface area contributed by atoms with Crippen LogP contribution in [0.25, 0.3) is 0 Å². The molecule has 2 unspecified atom stereocenters. The summed E-state index contributed by atoms with van der Waals surface area (Å²) in [6.45, 7) is 9.03. The molecule has 10 nitrogen and oxygen atoms in total. The zero-order valence-electron chi connectivity index (χ0n) is 24.3. The van der Waals surface area contributed by atoms with E-state index in [4.69, 9.17) is 4.74 Å². The molecule has 2 aliphatic heterocycles. The van der Waals surface area contributed by atoms with Gasteiger partial charge in [0.05, 0.1) is 23.8 Å². The van der Waals surface area contributed by atoms with Crippen molar-refractivity contribution < 1.29 is 19.1 Å². The van der Waals surface area contributed by atoms with Gasteiger partial charge in [-0.15, -0.1) is 0 Å². The first-order valence-electron chi connectivity index (χ1n) is 14.7. The van der Waals surface area contributed by atoms with Gasteiger partial charge in [-0.3, -0.25) is 19.6 Å². The van der Waals surface area contributed by atoms with Crippen molar-refractivity contribution in [2.24, 2.45) is 22.7 Å². The maximum atomic E-state index is 12.4. The summed E-state index contributed by atoms with van der Waals surface area (Å²) in [5.41, 5.74) is 1.42. The van der Waals surface area contributed by atoms with Gasteiger partial charge in [-0.05, 0) is 107 Å². The predicted octanol–water partition coefficient (Wildman–Crippen LogP) is 4.47. The Labute approximate surface area is 242 Å². The van der Waals surface area contributed by atoms with E-state index in [2.05, 4.69) is 25.9 Å². The Morgan fingerprint density at radius 2 is 1.34 bits per heavy atom. The average molecular weight is 563 g/mol. The number of nitrogens with one attached hydrogen (secondary N) is 3. The standard InChI is InChI=1S/C18H25N3O3.C13H17N3O/c1-17(2,3)24-16(23)21-9-6-18(7-10-21)11-14(18)15(22)20-13-5-4-8-19-12-13;17-12(16-10-2-1-5-15-9-10)11-8-13(11)3-6-14-7-4-13/h4-5,8,12,14H,6-7,9-11H2,1-3H3,(H,20,22);1-2,5,9,11,14H,3-4,6-8H2,(H,16,17). The molecule has 4 aliphatic rings. The second kappa shape index (κ2) is 11.8. The van der Waals surface area contributed by atoms with Crippen LogP contribution in [0.2, 0.25) is 0 Å². The molecular weight excluding hydrogens is 520 g/mol. The zero-order chi connectivity index (χ0) is 29.1. The fourth-order valence-corrected chi connectivity index (χ4v) is 6.26. The first kappa shape index (κ1) is 29.0. The number of pyridine rings is 2. The molecule has 10 heteroatoms. The first-order valence-corrected chi connectivity index (χ1v) is 14.7. The molecule has 3 N–H and O–H groups in total. The number of hydrogen-bond donors (Lipinski definition) is 3. The van der Waals surface area contributed by atoms with E-state index in [-0.39, 0.29) is 35.2 Å². The zero-order valence-corrected chi connectivity index (χ0v) is 24.3. The van der Waals surface area contributed by atoms with Crippen molar-refractivity contribution >= 4 is 29.3 Å². The van der Waals surface area contributed by atoms with Crippen LogP contribution in [0.3, 0.4) is 0 Å². The summed E-state index contributed by atoms with van der Waals surface area (Å²) in [5.74, 6) is 0.483. The molecule has 0 radical (unpaired) electrons. The molecule has 41 heavy (non-hydrogen) atoms. The summed E-state index contributed by atoms with van der Waals surface area (Å²) in [6.07, 6.45) is 12.4. The van der Waals surface area contributed by atoms with Crippen molar-refractivity contribution in [2.45, 2.75) is 64.9 Å². The lowest BCUT2D eigenvalue weighted by atomic mass is 9.91. The van der Waals surface area contributed by atoms with E-state index in [9.17, 15) is 14.4 Å². The number of nitrogens with zero attached hydrogens (tertiary/aromatic N) is 3. The Morgan fingerprint density at radius 3 is 1.78 bits per heavy atom. The molecule has 3 amide bonds. The molecular formula is C31H42N6O4. The quantitative estimate of drug-likeness (QED) is 0.502. The monoisotopic (exact) mass is 562 g/mol. The lowest BCUT2D eigenvalue weighted by Crippen LogP contribution is -2.42. The number of ether oxygens (including phenoxy) is 1. The lowest BCUT2D eigenvalue weighted by Gasteiger charge is -2.34. The third-order valence-corrected chi connectivity index (χ3v) is 8.88. The normalized spacial score (nSPS) is 23.5. The van der Waals surface area contributed by atoms with Crippen molar-refractivity contribution in [2.75, 3.05) is 36.8 Å². The van der Waals surface area contributed by atoms with Crippen LogP contribution >= 0.6 is 0 Å². The Kier molecular flexibility index (Phi) is 8.31. The van der Waals surface area contributed by atoms with E-state index in [1.807, 2.05) is 39.0 Å². The van der Waals surface area contributed by atoms with Crippen LogP contribution in [-0.2, 0) is 14.3 Å². The summed E-state index contributed by atoms with van der Waals surface area (Å²) in [6, 6.07) is 7.36. The molecule has 0 aromatic carbocycles. The maximum Gasteiger partial charge on any atom is 0.410 e. The highest BCUT2D eigenvalue weighted by Gasteiger charge is 2.59. The average Bonchev–Trinajstić information content (AvgIpc) is 3.85. The highest BCUT2D eigenvalue weighted by atomic mass is 16.6. The number of carbonyl (C=O) groups is 3. The minimum Gasteiger partial charge on any atom is -0.444 e. The smallest absolute Gasteiger partial charge is 0.410 e. The van der Waals surface area contributed by atoms with Gasteiger partial charge in [0.15, 0.2) is 0 Å². The maximum absolute atomic E-state index is 12.4. The molecule has 220 valence electrons. The molecule has 2 aromatic rings. The number of likely N-dealkylation sites (tertiary alicyclic amines) is 1. The van der Waals surface area contributed by atoms with Crippen LogP contribution in [0.1, 0.15) is 59.3 Å². The number of carbonyl (C=O) groups excluding carboxylic acids is 3. The third-order valence-electron chi connectivity index (χ3n) is 8.88. The summed E-state index contributed by atoms with van der Waals surface area (Å²) >= 11 is 0. The summed E-state index contributed by atoms with van der Waals surface area (Å²) in [4.78, 5) is 46.4. The molecule has 2 spiro atoms. The summed E-state index contributed by atoms with van der Waals surface area (Å²) in [5, 5.41) is 9.24. The van der Waals surface area contributed by atoms with Crippen molar-refractivity contribution in [3.05, 3.63) is 49.1 Å². The highest BCUT2D eigenvalue weighted by molar-refractivity contribution is 5.95. The topological polar surface area (TPSA) is 126 Å². The number of anilines is 2. The minimum absolute atomic E-state index is 0.0403. The lowest BCUT2D eigenvalue weighted by molar-refractivity contribution is -0.119. The number of amides is 3. The van der Waals surface area contributed by atoms with Crippen molar-refractivity contribution in [1.29, 1.82) is 0 Å². The molecule has 2 aliphatic carbocycles. The second-order valence-electron chi connectivity index (χ2n) is 12.9. The predicted molar refractivity (Wildman–Crippen MR) is 156 cm³/mol. The molecule has 2 aromatic heterocycles. The Balaban J connectivity index is 0.000000174. The molecule has 2 saturated carbocycles. The Morgan fingerprint density at radius 1 is 0.854 bits per heavy atom. The molecule has 2 saturated heterocycles. The van der Waals surface area contributed by atoms with Gasteiger partial charge in [0.25, 0.3) is 0 Å². The van der Waals surface area contributed by atoms with Crippen molar-refractivity contribution in [1.82, 2.24) is 20.2 Å². The van der Waals surface area contributed by atoms with E-state index in [1.165, 1.54) is 0 Å². The van der Waals surface area contributed by atoms with Gasteiger partial charge in [0.2, 0.25) is 11.8 Å². The van der Waals surface area contributed by atoms with Crippen molar-refractivity contribution in [3.63, 3.8) is 0 Å². The molecule has 2 atom stereocenters. The van der Waals surface area contributed by atoms with Gasteiger partial charge in [-0.25, -0.2) is 4.79 Å². The Hall–Kier alpha value is -3.53. The fraction of sp³-hybridized carbons (Fsp3) is 0.581.